The van der Waals surface area contributed by atoms with Crippen molar-refractivity contribution in [2.24, 2.45) is 0 Å². The Morgan fingerprint density at radius 3 is 1.77 bits per heavy atom. The smallest absolute Gasteiger partial charge is 0.213 e. The van der Waals surface area contributed by atoms with Crippen LogP contribution in [0.4, 0.5) is 8.78 Å². The van der Waals surface area contributed by atoms with Gasteiger partial charge in [-0.3, -0.25) is 4.90 Å². The van der Waals surface area contributed by atoms with Crippen LogP contribution in [0.2, 0.25) is 0 Å². The molecule has 0 aromatic heterocycles. The van der Waals surface area contributed by atoms with E-state index in [2.05, 4.69) is 9.80 Å². The second-order valence-electron chi connectivity index (χ2n) is 7.84. The minimum atomic E-state index is -3.17. The molecule has 0 bridgehead atoms. The van der Waals surface area contributed by atoms with Crippen molar-refractivity contribution in [3.63, 3.8) is 0 Å². The maximum atomic E-state index is 13.4. The molecule has 0 aliphatic carbocycles. The predicted molar refractivity (Wildman–Crippen MR) is 115 cm³/mol. The highest BCUT2D eigenvalue weighted by atomic mass is 32.2. The van der Waals surface area contributed by atoms with Gasteiger partial charge in [0.05, 0.1) is 11.8 Å². The SMILES string of the molecule is CN(C)S(=O)(=O)CCCN1CCN(C(c2ccc(F)cc2)c2ccc(F)cc2)CC1. The van der Waals surface area contributed by atoms with Gasteiger partial charge >= 0.3 is 0 Å². The van der Waals surface area contributed by atoms with Crippen LogP contribution in [0.15, 0.2) is 48.5 Å². The number of benzene rings is 2. The van der Waals surface area contributed by atoms with E-state index in [0.29, 0.717) is 6.42 Å². The lowest BCUT2D eigenvalue weighted by atomic mass is 9.96. The topological polar surface area (TPSA) is 43.9 Å². The van der Waals surface area contributed by atoms with Crippen molar-refractivity contribution in [3.8, 4) is 0 Å². The molecule has 0 atom stereocenters. The number of piperazine rings is 1. The van der Waals surface area contributed by atoms with Gasteiger partial charge in [-0.2, -0.15) is 0 Å². The van der Waals surface area contributed by atoms with Crippen molar-refractivity contribution in [3.05, 3.63) is 71.3 Å². The quantitative estimate of drug-likeness (QED) is 0.637. The summed E-state index contributed by atoms with van der Waals surface area (Å²) in [5.74, 6) is -0.420. The standard InChI is InChI=1S/C22H29F2N3O2S/c1-25(2)30(28,29)17-3-12-26-13-15-27(16-14-26)22(18-4-8-20(23)9-5-18)19-6-10-21(24)11-7-19/h4-11,22H,3,12-17H2,1-2H3. The first-order chi connectivity index (χ1) is 14.3. The Kier molecular flexibility index (Phi) is 7.57. The summed E-state index contributed by atoms with van der Waals surface area (Å²) in [5.41, 5.74) is 1.93. The molecule has 2 aromatic carbocycles. The van der Waals surface area contributed by atoms with Gasteiger partial charge in [0.25, 0.3) is 0 Å². The average Bonchev–Trinajstić information content (AvgIpc) is 2.72. The monoisotopic (exact) mass is 437 g/mol. The zero-order valence-electron chi connectivity index (χ0n) is 17.5. The zero-order valence-corrected chi connectivity index (χ0v) is 18.3. The average molecular weight is 438 g/mol. The van der Waals surface area contributed by atoms with Gasteiger partial charge in [-0.15, -0.1) is 0 Å². The first kappa shape index (κ1) is 22.8. The van der Waals surface area contributed by atoms with Crippen LogP contribution >= 0.6 is 0 Å². The van der Waals surface area contributed by atoms with Gasteiger partial charge in [0.2, 0.25) is 10.0 Å². The number of sulfonamides is 1. The molecule has 8 heteroatoms. The summed E-state index contributed by atoms with van der Waals surface area (Å²) in [5, 5.41) is 0. The first-order valence-corrected chi connectivity index (χ1v) is 11.7. The molecule has 1 saturated heterocycles. The fourth-order valence-corrected chi connectivity index (χ4v) is 4.66. The molecular weight excluding hydrogens is 408 g/mol. The molecule has 1 aliphatic rings. The summed E-state index contributed by atoms with van der Waals surface area (Å²) < 4.78 is 52.0. The van der Waals surface area contributed by atoms with Gasteiger partial charge in [-0.05, 0) is 48.4 Å². The lowest BCUT2D eigenvalue weighted by Crippen LogP contribution is -2.48. The highest BCUT2D eigenvalue weighted by Crippen LogP contribution is 2.30. The number of nitrogens with zero attached hydrogens (tertiary/aromatic N) is 3. The van der Waals surface area contributed by atoms with Crippen molar-refractivity contribution < 1.29 is 17.2 Å². The maximum absolute atomic E-state index is 13.4. The van der Waals surface area contributed by atoms with Crippen LogP contribution in [0.25, 0.3) is 0 Å². The van der Waals surface area contributed by atoms with Gasteiger partial charge in [0.15, 0.2) is 0 Å². The summed E-state index contributed by atoms with van der Waals surface area (Å²) in [6.07, 6.45) is 0.597. The molecule has 3 rings (SSSR count). The normalized spacial score (nSPS) is 16.5. The molecule has 0 radical (unpaired) electrons. The van der Waals surface area contributed by atoms with Gasteiger partial charge in [0, 0.05) is 40.3 Å². The number of hydrogen-bond donors (Lipinski definition) is 0. The molecule has 1 fully saturated rings. The molecule has 1 heterocycles. The highest BCUT2D eigenvalue weighted by Gasteiger charge is 2.26. The molecule has 164 valence electrons. The number of rotatable bonds is 8. The molecule has 0 spiro atoms. The molecule has 0 amide bonds. The molecular formula is C22H29F2N3O2S. The van der Waals surface area contributed by atoms with Gasteiger partial charge in [-0.1, -0.05) is 24.3 Å². The molecule has 1 aliphatic heterocycles. The Morgan fingerprint density at radius 1 is 0.867 bits per heavy atom. The summed E-state index contributed by atoms with van der Waals surface area (Å²) in [4.78, 5) is 4.58. The van der Waals surface area contributed by atoms with Crippen LogP contribution in [0.1, 0.15) is 23.6 Å². The summed E-state index contributed by atoms with van der Waals surface area (Å²) in [7, 11) is -0.0579. The fraction of sp³-hybridized carbons (Fsp3) is 0.455. The third-order valence-electron chi connectivity index (χ3n) is 5.58. The van der Waals surface area contributed by atoms with E-state index in [1.165, 1.54) is 28.6 Å². The van der Waals surface area contributed by atoms with Crippen LogP contribution in [0.5, 0.6) is 0 Å². The van der Waals surface area contributed by atoms with Crippen molar-refractivity contribution in [1.29, 1.82) is 0 Å². The van der Waals surface area contributed by atoms with E-state index in [1.54, 1.807) is 38.4 Å². The Hall–Kier alpha value is -1.87. The number of halogens is 2. The zero-order chi connectivity index (χ0) is 21.7. The van der Waals surface area contributed by atoms with E-state index in [1.807, 2.05) is 0 Å². The largest absolute Gasteiger partial charge is 0.301 e. The van der Waals surface area contributed by atoms with Crippen LogP contribution < -0.4 is 0 Å². The maximum Gasteiger partial charge on any atom is 0.213 e. The third-order valence-corrected chi connectivity index (χ3v) is 7.49. The Labute approximate surface area is 178 Å². The van der Waals surface area contributed by atoms with E-state index in [4.69, 9.17) is 0 Å². The molecule has 0 unspecified atom stereocenters. The Balaban J connectivity index is 1.65. The van der Waals surface area contributed by atoms with Crippen molar-refractivity contribution in [2.75, 3.05) is 52.6 Å². The Bertz CT molecular complexity index is 865. The van der Waals surface area contributed by atoms with E-state index in [9.17, 15) is 17.2 Å². The van der Waals surface area contributed by atoms with E-state index in [0.717, 1.165) is 43.9 Å². The van der Waals surface area contributed by atoms with E-state index >= 15 is 0 Å². The molecule has 0 saturated carbocycles. The molecule has 2 aromatic rings. The predicted octanol–water partition coefficient (Wildman–Crippen LogP) is 2.95. The fourth-order valence-electron chi connectivity index (χ4n) is 3.80. The Morgan fingerprint density at radius 2 is 1.33 bits per heavy atom. The summed E-state index contributed by atoms with van der Waals surface area (Å²) in [6.45, 7) is 3.96. The van der Waals surface area contributed by atoms with Crippen LogP contribution in [0, 0.1) is 11.6 Å². The van der Waals surface area contributed by atoms with Crippen LogP contribution in [-0.2, 0) is 10.0 Å². The minimum Gasteiger partial charge on any atom is -0.301 e. The van der Waals surface area contributed by atoms with Crippen molar-refractivity contribution >= 4 is 10.0 Å². The second-order valence-corrected chi connectivity index (χ2v) is 10.1. The van der Waals surface area contributed by atoms with Gasteiger partial charge < -0.3 is 4.90 Å². The first-order valence-electron chi connectivity index (χ1n) is 10.1. The van der Waals surface area contributed by atoms with Gasteiger partial charge in [-0.25, -0.2) is 21.5 Å². The van der Waals surface area contributed by atoms with Gasteiger partial charge in [0.1, 0.15) is 11.6 Å². The minimum absolute atomic E-state index is 0.0810. The summed E-state index contributed by atoms with van der Waals surface area (Å²) in [6, 6.07) is 12.8. The molecule has 30 heavy (non-hydrogen) atoms. The highest BCUT2D eigenvalue weighted by molar-refractivity contribution is 7.89. The lowest BCUT2D eigenvalue weighted by molar-refractivity contribution is 0.109. The third kappa shape index (κ3) is 5.85. The van der Waals surface area contributed by atoms with E-state index < -0.39 is 10.0 Å². The van der Waals surface area contributed by atoms with Crippen LogP contribution in [0.3, 0.4) is 0 Å². The lowest BCUT2D eigenvalue weighted by Gasteiger charge is -2.40. The van der Waals surface area contributed by atoms with E-state index in [-0.39, 0.29) is 23.4 Å². The van der Waals surface area contributed by atoms with Crippen molar-refractivity contribution in [1.82, 2.24) is 14.1 Å². The second kappa shape index (κ2) is 9.96. The van der Waals surface area contributed by atoms with Crippen molar-refractivity contribution in [2.45, 2.75) is 12.5 Å². The molecule has 5 nitrogen and oxygen atoms in total. The molecule has 0 N–H and O–H groups in total. The summed E-state index contributed by atoms with van der Waals surface area (Å²) >= 11 is 0. The van der Waals surface area contributed by atoms with Crippen LogP contribution in [-0.4, -0.2) is 75.1 Å². The number of hydrogen-bond acceptors (Lipinski definition) is 4.